The number of hydrogen-bond acceptors (Lipinski definition) is 9. The zero-order valence-electron chi connectivity index (χ0n) is 15.0. The quantitative estimate of drug-likeness (QED) is 0.119. The number of rotatable bonds is 2. The van der Waals surface area contributed by atoms with Gasteiger partial charge in [-0.3, -0.25) is 22.8 Å². The maximum Gasteiger partial charge on any atom is 1.00 e. The summed E-state index contributed by atoms with van der Waals surface area (Å²) < 4.78 is 30.5. The molecule has 140 valence electrons. The molecule has 14 heteroatoms. The fourth-order valence-corrected chi connectivity index (χ4v) is 0.504. The van der Waals surface area contributed by atoms with Crippen LogP contribution in [0.4, 0.5) is 0 Å². The van der Waals surface area contributed by atoms with Crippen LogP contribution in [0.5, 0.6) is 0 Å². The molecule has 0 fully saturated rings. The van der Waals surface area contributed by atoms with E-state index in [0.717, 1.165) is 0 Å². The van der Waals surface area contributed by atoms with E-state index >= 15 is 0 Å². The van der Waals surface area contributed by atoms with E-state index < -0.39 is 19.5 Å². The Morgan fingerprint density at radius 3 is 1.64 bits per heavy atom. The number of alkyl halides is 1. The molecule has 0 amide bonds. The Morgan fingerprint density at radius 1 is 1.36 bits per heavy atom. The normalized spacial score (nSPS) is 7.52. The summed E-state index contributed by atoms with van der Waals surface area (Å²) in [6.45, 7) is 7.56. The van der Waals surface area contributed by atoms with Gasteiger partial charge in [0.05, 0.1) is 17.5 Å². The van der Waals surface area contributed by atoms with E-state index in [-0.39, 0.29) is 42.7 Å². The van der Waals surface area contributed by atoms with Crippen molar-refractivity contribution in [3.05, 3.63) is 11.4 Å². The fourth-order valence-electron chi connectivity index (χ4n) is 0.168. The molecule has 0 bridgehead atoms. The van der Waals surface area contributed by atoms with Crippen LogP contribution in [-0.4, -0.2) is 51.9 Å². The van der Waals surface area contributed by atoms with E-state index in [0.29, 0.717) is 5.33 Å². The second-order valence-electron chi connectivity index (χ2n) is 3.55. The Hall–Kier alpha value is -0.720. The summed E-state index contributed by atoms with van der Waals surface area (Å²) in [4.78, 5) is 14.2. The van der Waals surface area contributed by atoms with Gasteiger partial charge in [-0.25, -0.2) is 6.57 Å². The molecule has 0 aromatic carbocycles. The molecule has 0 unspecified atom stereocenters. The molecule has 0 spiro atoms. The van der Waals surface area contributed by atoms with Crippen LogP contribution in [-0.2, 0) is 29.1 Å². The van der Waals surface area contributed by atoms with Crippen molar-refractivity contribution in [2.75, 3.05) is 37.0 Å². The van der Waals surface area contributed by atoms with Crippen molar-refractivity contribution in [2.24, 2.45) is 4.36 Å². The van der Waals surface area contributed by atoms with E-state index in [1.165, 1.54) is 31.9 Å². The SMILES string of the molecule is CC#N.CS(C)(=N)=O.N#CCBr.O=CO[O-].[C-]#[N+]CN=S(C)(C)=O.[Na+]. The van der Waals surface area contributed by atoms with E-state index in [1.807, 2.05) is 6.07 Å². The predicted octanol–water partition coefficient (Wildman–Crippen LogP) is -2.24. The maximum absolute atomic E-state index is 10.6. The van der Waals surface area contributed by atoms with E-state index in [9.17, 15) is 8.42 Å². The van der Waals surface area contributed by atoms with Crippen molar-refractivity contribution in [1.82, 2.24) is 0 Å². The van der Waals surface area contributed by atoms with Gasteiger partial charge in [-0.05, 0) is 0 Å². The first-order chi connectivity index (χ1) is 10.8. The van der Waals surface area contributed by atoms with Crippen LogP contribution in [0.2, 0.25) is 0 Å². The van der Waals surface area contributed by atoms with Gasteiger partial charge in [0.15, 0.2) is 0 Å². The fraction of sp³-hybridized carbons (Fsp3) is 0.636. The molecule has 0 aliphatic rings. The molecule has 0 saturated carbocycles. The smallest absolute Gasteiger partial charge is 0.662 e. The maximum atomic E-state index is 10.6. The largest absolute Gasteiger partial charge is 1.00 e. The Labute approximate surface area is 180 Å². The molecular weight excluding hydrogens is 449 g/mol. The molecule has 25 heavy (non-hydrogen) atoms. The van der Waals surface area contributed by atoms with Gasteiger partial charge in [0.1, 0.15) is 0 Å². The van der Waals surface area contributed by atoms with Gasteiger partial charge in [-0.1, -0.05) is 15.9 Å². The Morgan fingerprint density at radius 2 is 1.60 bits per heavy atom. The van der Waals surface area contributed by atoms with Gasteiger partial charge in [0.25, 0.3) is 6.47 Å². The van der Waals surface area contributed by atoms with Crippen LogP contribution in [0.3, 0.4) is 0 Å². The van der Waals surface area contributed by atoms with Crippen molar-refractivity contribution in [2.45, 2.75) is 6.92 Å². The summed E-state index contributed by atoms with van der Waals surface area (Å²) in [7, 11) is -4.19. The van der Waals surface area contributed by atoms with E-state index in [1.54, 1.807) is 6.07 Å². The summed E-state index contributed by atoms with van der Waals surface area (Å²) in [6.07, 6.45) is 5.79. The van der Waals surface area contributed by atoms with Crippen LogP contribution in [0.1, 0.15) is 6.92 Å². The topological polar surface area (TPSA) is 172 Å². The number of nitrogens with one attached hydrogen (secondary N) is 1. The third-order valence-corrected chi connectivity index (χ3v) is 1.53. The first-order valence-electron chi connectivity index (χ1n) is 5.42. The van der Waals surface area contributed by atoms with Crippen molar-refractivity contribution < 1.29 is 52.9 Å². The average Bonchev–Trinajstić information content (AvgIpc) is 2.44. The molecular formula is C11H21BrN5NaO5S2. The standard InChI is InChI=1S/C4H8N2OS.C2H2BrN.C2H7NOS.C2H3N.CH2O3.Na/c1-5-4-6-8(2,3)7;3-1-2-4;1-5(2,3)4;1-2-3;2-1-4-3;/h4H2,2-3H3;1H2;3H,1-2H3;1H3;1,3H;/q;;;;;+1/p-1. The molecule has 0 rings (SSSR count). The number of nitriles is 2. The summed E-state index contributed by atoms with van der Waals surface area (Å²) in [5.74, 6) is 0. The van der Waals surface area contributed by atoms with Crippen molar-refractivity contribution in [1.29, 1.82) is 15.3 Å². The molecule has 0 aliphatic carbocycles. The summed E-state index contributed by atoms with van der Waals surface area (Å²) in [5.41, 5.74) is 0. The van der Waals surface area contributed by atoms with Gasteiger partial charge in [-0.2, -0.15) is 14.9 Å². The second-order valence-corrected chi connectivity index (χ2v) is 9.20. The van der Waals surface area contributed by atoms with Crippen LogP contribution in [0.25, 0.3) is 4.85 Å². The minimum Gasteiger partial charge on any atom is -0.662 e. The molecule has 0 aliphatic heterocycles. The van der Waals surface area contributed by atoms with Gasteiger partial charge < -0.3 is 10.1 Å². The van der Waals surface area contributed by atoms with Crippen LogP contribution >= 0.6 is 15.9 Å². The van der Waals surface area contributed by atoms with Crippen LogP contribution in [0.15, 0.2) is 4.36 Å². The molecule has 0 heterocycles. The van der Waals surface area contributed by atoms with Gasteiger partial charge >= 0.3 is 36.2 Å². The minimum absolute atomic E-state index is 0. The summed E-state index contributed by atoms with van der Waals surface area (Å²) in [5, 5.41) is 23.8. The number of hydrogen-bond donors (Lipinski definition) is 1. The van der Waals surface area contributed by atoms with Gasteiger partial charge in [0, 0.05) is 51.4 Å². The first-order valence-corrected chi connectivity index (χ1v) is 11.2. The summed E-state index contributed by atoms with van der Waals surface area (Å²) >= 11 is 2.89. The Kier molecular flexibility index (Phi) is 49.0. The number of nitrogens with zero attached hydrogens (tertiary/aromatic N) is 4. The van der Waals surface area contributed by atoms with Gasteiger partial charge in [0.2, 0.25) is 0 Å². The van der Waals surface area contributed by atoms with Crippen molar-refractivity contribution in [3.63, 3.8) is 0 Å². The molecule has 10 nitrogen and oxygen atoms in total. The molecule has 1 N–H and O–H groups in total. The number of carbonyl (C=O) groups excluding carboxylic acids is 1. The summed E-state index contributed by atoms with van der Waals surface area (Å²) in [6, 6.07) is 3.60. The second kappa shape index (κ2) is 31.1. The van der Waals surface area contributed by atoms with Crippen LogP contribution < -0.4 is 34.8 Å². The third-order valence-electron chi connectivity index (χ3n) is 0.538. The van der Waals surface area contributed by atoms with Crippen LogP contribution in [0, 0.1) is 34.0 Å². The predicted molar refractivity (Wildman–Crippen MR) is 94.4 cm³/mol. The zero-order chi connectivity index (χ0) is 20.7. The van der Waals surface area contributed by atoms with Gasteiger partial charge in [-0.15, -0.1) is 0 Å². The Balaban J connectivity index is -0.0000000469. The molecule has 0 atom stereocenters. The third kappa shape index (κ3) is 267. The molecule has 0 saturated heterocycles. The zero-order valence-corrected chi connectivity index (χ0v) is 20.2. The molecule has 0 aromatic rings. The monoisotopic (exact) mass is 469 g/mol. The van der Waals surface area contributed by atoms with Crippen molar-refractivity contribution >= 4 is 41.9 Å². The average molecular weight is 470 g/mol. The molecule has 0 aromatic heterocycles. The minimum atomic E-state index is -2.17. The van der Waals surface area contributed by atoms with E-state index in [2.05, 4.69) is 30.0 Å². The van der Waals surface area contributed by atoms with E-state index in [4.69, 9.17) is 31.9 Å². The number of carbonyl (C=O) groups is 1. The first kappa shape index (κ1) is 39.4. The number of halogens is 1. The van der Waals surface area contributed by atoms with Crippen molar-refractivity contribution in [3.8, 4) is 12.1 Å². The Bertz CT molecular complexity index is 613. The molecule has 0 radical (unpaired) electrons.